The molecule has 1 rings (SSSR count). The van der Waals surface area contributed by atoms with E-state index in [-0.39, 0.29) is 17.4 Å². The van der Waals surface area contributed by atoms with Crippen molar-refractivity contribution in [2.24, 2.45) is 11.3 Å². The van der Waals surface area contributed by atoms with Crippen molar-refractivity contribution in [1.82, 2.24) is 0 Å². The normalized spacial score (nSPS) is 30.1. The van der Waals surface area contributed by atoms with Gasteiger partial charge in [-0.3, -0.25) is 4.79 Å². The lowest BCUT2D eigenvalue weighted by Gasteiger charge is -2.02. The Balaban J connectivity index is 2.33. The lowest BCUT2D eigenvalue weighted by atomic mass is 10.1. The molecule has 4 heteroatoms. The maximum atomic E-state index is 10.7. The summed E-state index contributed by atoms with van der Waals surface area (Å²) in [6.45, 7) is 4.38. The lowest BCUT2D eigenvalue weighted by Crippen LogP contribution is -2.06. The van der Waals surface area contributed by atoms with Crippen LogP contribution in [0.25, 0.3) is 0 Å². The van der Waals surface area contributed by atoms with Gasteiger partial charge in [0.05, 0.1) is 12.0 Å². The van der Waals surface area contributed by atoms with E-state index >= 15 is 0 Å². The number of aliphatic carboxylic acids is 1. The number of alkyl halides is 1. The van der Waals surface area contributed by atoms with Crippen molar-refractivity contribution in [3.8, 4) is 0 Å². The van der Waals surface area contributed by atoms with Gasteiger partial charge < -0.3 is 9.84 Å². The van der Waals surface area contributed by atoms with Crippen LogP contribution in [0.15, 0.2) is 0 Å². The van der Waals surface area contributed by atoms with Crippen LogP contribution in [0.1, 0.15) is 20.3 Å². The van der Waals surface area contributed by atoms with Gasteiger partial charge in [0.1, 0.15) is 0 Å². The fourth-order valence-corrected chi connectivity index (χ4v) is 1.72. The van der Waals surface area contributed by atoms with Crippen LogP contribution in [0.2, 0.25) is 0 Å². The highest BCUT2D eigenvalue weighted by molar-refractivity contribution is 6.17. The molecule has 0 radical (unpaired) electrons. The average Bonchev–Trinajstić information content (AvgIpc) is 2.54. The van der Waals surface area contributed by atoms with Crippen LogP contribution < -0.4 is 0 Å². The largest absolute Gasteiger partial charge is 0.481 e. The molecule has 3 nitrogen and oxygen atoms in total. The predicted molar refractivity (Wildman–Crippen MR) is 50.0 cm³/mol. The number of carboxylic acid groups (broad SMARTS) is 1. The Labute approximate surface area is 83.0 Å². The smallest absolute Gasteiger partial charge is 0.309 e. The quantitative estimate of drug-likeness (QED) is 0.551. The van der Waals surface area contributed by atoms with Crippen LogP contribution in [0, 0.1) is 11.3 Å². The number of hydrogen-bond acceptors (Lipinski definition) is 2. The number of ether oxygens (including phenoxy) is 1. The second-order valence-corrected chi connectivity index (χ2v) is 4.35. The van der Waals surface area contributed by atoms with Crippen LogP contribution in [0.4, 0.5) is 0 Å². The summed E-state index contributed by atoms with van der Waals surface area (Å²) in [5, 5.41) is 8.81. The summed E-state index contributed by atoms with van der Waals surface area (Å²) in [5.74, 6) is -0.547. The summed E-state index contributed by atoms with van der Waals surface area (Å²) in [7, 11) is 0. The highest BCUT2D eigenvalue weighted by Crippen LogP contribution is 2.54. The molecule has 13 heavy (non-hydrogen) atoms. The third-order valence-electron chi connectivity index (χ3n) is 2.57. The zero-order chi connectivity index (χ0) is 10.1. The fraction of sp³-hybridized carbons (Fsp3) is 0.889. The van der Waals surface area contributed by atoms with E-state index < -0.39 is 5.97 Å². The predicted octanol–water partition coefficient (Wildman–Crippen LogP) is 1.74. The number of halogens is 1. The maximum Gasteiger partial charge on any atom is 0.309 e. The van der Waals surface area contributed by atoms with Crippen molar-refractivity contribution < 1.29 is 14.6 Å². The average molecular weight is 207 g/mol. The summed E-state index contributed by atoms with van der Waals surface area (Å²) < 4.78 is 5.42. The Morgan fingerprint density at radius 2 is 2.23 bits per heavy atom. The minimum Gasteiger partial charge on any atom is -0.481 e. The van der Waals surface area contributed by atoms with Crippen molar-refractivity contribution >= 4 is 17.6 Å². The van der Waals surface area contributed by atoms with Gasteiger partial charge in [-0.1, -0.05) is 13.8 Å². The molecule has 0 saturated heterocycles. The van der Waals surface area contributed by atoms with Gasteiger partial charge in [0.2, 0.25) is 0 Å². The van der Waals surface area contributed by atoms with Crippen LogP contribution >= 0.6 is 11.6 Å². The first kappa shape index (κ1) is 10.8. The molecule has 1 saturated carbocycles. The van der Waals surface area contributed by atoms with E-state index in [0.717, 1.165) is 6.42 Å². The second-order valence-electron chi connectivity index (χ2n) is 3.97. The van der Waals surface area contributed by atoms with Gasteiger partial charge >= 0.3 is 5.97 Å². The zero-order valence-electron chi connectivity index (χ0n) is 7.92. The van der Waals surface area contributed by atoms with Crippen molar-refractivity contribution in [2.75, 3.05) is 12.5 Å². The molecule has 0 amide bonds. The minimum atomic E-state index is -0.763. The molecule has 0 aromatic rings. The molecule has 1 aliphatic carbocycles. The molecular formula is C9H15ClO3. The molecule has 1 aliphatic rings. The van der Waals surface area contributed by atoms with Crippen molar-refractivity contribution in [2.45, 2.75) is 26.4 Å². The molecule has 0 bridgehead atoms. The second kappa shape index (κ2) is 3.84. The minimum absolute atomic E-state index is 0.131. The molecule has 2 unspecified atom stereocenters. The SMILES string of the molecule is CC1(C)C(OCCCCl)C1C(=O)O. The van der Waals surface area contributed by atoms with Crippen LogP contribution in [0.3, 0.4) is 0 Å². The summed E-state index contributed by atoms with van der Waals surface area (Å²) in [6, 6.07) is 0. The number of carbonyl (C=O) groups is 1. The van der Waals surface area contributed by atoms with E-state index in [0.29, 0.717) is 12.5 Å². The van der Waals surface area contributed by atoms with E-state index in [4.69, 9.17) is 21.4 Å². The standard InChI is InChI=1S/C9H15ClO3/c1-9(2)6(8(11)12)7(9)13-5-3-4-10/h6-7H,3-5H2,1-2H3,(H,11,12). The van der Waals surface area contributed by atoms with E-state index in [1.807, 2.05) is 13.8 Å². The highest BCUT2D eigenvalue weighted by atomic mass is 35.5. The van der Waals surface area contributed by atoms with E-state index in [9.17, 15) is 4.79 Å². The van der Waals surface area contributed by atoms with Gasteiger partial charge in [0, 0.05) is 17.9 Å². The molecule has 0 heterocycles. The summed E-state index contributed by atoms with van der Waals surface area (Å²) in [5.41, 5.74) is -0.210. The summed E-state index contributed by atoms with van der Waals surface area (Å²) >= 11 is 5.48. The first-order chi connectivity index (χ1) is 6.01. The Morgan fingerprint density at radius 1 is 1.62 bits per heavy atom. The topological polar surface area (TPSA) is 46.5 Å². The van der Waals surface area contributed by atoms with Gasteiger partial charge in [-0.05, 0) is 6.42 Å². The number of carboxylic acids is 1. The lowest BCUT2D eigenvalue weighted by molar-refractivity contribution is -0.140. The molecule has 0 spiro atoms. The van der Waals surface area contributed by atoms with E-state index in [2.05, 4.69) is 0 Å². The number of hydrogen-bond donors (Lipinski definition) is 1. The van der Waals surface area contributed by atoms with Crippen LogP contribution in [0.5, 0.6) is 0 Å². The highest BCUT2D eigenvalue weighted by Gasteiger charge is 2.63. The number of rotatable bonds is 5. The van der Waals surface area contributed by atoms with Crippen molar-refractivity contribution in [1.29, 1.82) is 0 Å². The first-order valence-corrected chi connectivity index (χ1v) is 4.95. The van der Waals surface area contributed by atoms with Gasteiger partial charge in [0.25, 0.3) is 0 Å². The van der Waals surface area contributed by atoms with E-state index in [1.54, 1.807) is 0 Å². The fourth-order valence-electron chi connectivity index (χ4n) is 1.61. The molecule has 0 aliphatic heterocycles. The third-order valence-corrected chi connectivity index (χ3v) is 2.84. The molecule has 2 atom stereocenters. The van der Waals surface area contributed by atoms with Crippen molar-refractivity contribution in [3.63, 3.8) is 0 Å². The van der Waals surface area contributed by atoms with E-state index in [1.165, 1.54) is 0 Å². The molecule has 1 N–H and O–H groups in total. The Hall–Kier alpha value is -0.280. The monoisotopic (exact) mass is 206 g/mol. The third kappa shape index (κ3) is 2.15. The maximum absolute atomic E-state index is 10.7. The molecule has 1 fully saturated rings. The van der Waals surface area contributed by atoms with Crippen LogP contribution in [-0.2, 0) is 9.53 Å². The van der Waals surface area contributed by atoms with Gasteiger partial charge in [-0.25, -0.2) is 0 Å². The molecule has 0 aromatic carbocycles. The Morgan fingerprint density at radius 3 is 2.62 bits per heavy atom. The summed E-state index contributed by atoms with van der Waals surface area (Å²) in [4.78, 5) is 10.7. The summed E-state index contributed by atoms with van der Waals surface area (Å²) in [6.07, 6.45) is 0.647. The Kier molecular flexibility index (Phi) is 3.19. The zero-order valence-corrected chi connectivity index (χ0v) is 8.67. The van der Waals surface area contributed by atoms with Gasteiger partial charge in [-0.15, -0.1) is 11.6 Å². The van der Waals surface area contributed by atoms with Crippen molar-refractivity contribution in [3.05, 3.63) is 0 Å². The molecular weight excluding hydrogens is 192 g/mol. The molecule has 0 aromatic heterocycles. The van der Waals surface area contributed by atoms with Gasteiger partial charge in [-0.2, -0.15) is 0 Å². The first-order valence-electron chi connectivity index (χ1n) is 4.42. The molecule has 76 valence electrons. The Bertz CT molecular complexity index is 203. The van der Waals surface area contributed by atoms with Crippen LogP contribution in [-0.4, -0.2) is 29.7 Å². The van der Waals surface area contributed by atoms with Gasteiger partial charge in [0.15, 0.2) is 0 Å².